The van der Waals surface area contributed by atoms with Crippen molar-refractivity contribution in [1.82, 2.24) is 15.1 Å². The number of hydrogen-bond donors (Lipinski definition) is 1. The third kappa shape index (κ3) is 6.02. The second-order valence-electron chi connectivity index (χ2n) is 10.5. The van der Waals surface area contributed by atoms with Crippen LogP contribution >= 0.6 is 12.2 Å². The second-order valence-corrected chi connectivity index (χ2v) is 10.9. The maximum absolute atomic E-state index is 13.2. The molecule has 218 valence electrons. The number of fused-ring (bicyclic) bond motifs is 2. The zero-order valence-corrected chi connectivity index (χ0v) is 24.3. The highest BCUT2D eigenvalue weighted by Gasteiger charge is 2.38. The molecular weight excluding hydrogens is 554 g/mol. The monoisotopic (exact) mass is 587 g/mol. The van der Waals surface area contributed by atoms with Crippen LogP contribution in [0.3, 0.4) is 0 Å². The molecule has 42 heavy (non-hydrogen) atoms. The van der Waals surface area contributed by atoms with Gasteiger partial charge in [0, 0.05) is 50.1 Å². The highest BCUT2D eigenvalue weighted by atomic mass is 32.1. The van der Waals surface area contributed by atoms with Gasteiger partial charge in [0.05, 0.1) is 19.4 Å². The lowest BCUT2D eigenvalue weighted by Gasteiger charge is -2.36. The lowest BCUT2D eigenvalue weighted by Crippen LogP contribution is -2.47. The molecule has 2 aromatic carbocycles. The predicted octanol–water partition coefficient (Wildman–Crippen LogP) is 3.11. The van der Waals surface area contributed by atoms with Gasteiger partial charge < -0.3 is 24.4 Å². The maximum Gasteiger partial charge on any atom is 0.251 e. The van der Waals surface area contributed by atoms with E-state index in [1.807, 2.05) is 24.3 Å². The van der Waals surface area contributed by atoms with Crippen molar-refractivity contribution in [3.8, 4) is 5.75 Å². The van der Waals surface area contributed by atoms with E-state index >= 15 is 0 Å². The molecule has 0 spiro atoms. The Kier molecular flexibility index (Phi) is 8.20. The number of allylic oxidation sites excluding steroid dienone is 1. The van der Waals surface area contributed by atoms with E-state index in [1.54, 1.807) is 31.4 Å². The molecule has 3 heterocycles. The number of amides is 2. The number of ether oxygens (including phenoxy) is 3. The predicted molar refractivity (Wildman–Crippen MR) is 162 cm³/mol. The van der Waals surface area contributed by atoms with Gasteiger partial charge >= 0.3 is 0 Å². The number of carbonyl (C=O) groups excluding carboxylic acids is 2. The fraction of sp³-hybridized carbons (Fsp3) is 0.355. The standard InChI is InChI=1S/C31H33N5O5S/c1-39-24-9-7-23(8-10-24)35-15-13-34(14-16-35)12-2-11-32-29(37)22-5-3-21(4-6-22)19-36-30(38)25-17-27-28(41-20-40-27)18-26(25)33-31(36)42/h3-10,17-18,25H,2,11-16,19-20H2,1H3,(H,32,37). The van der Waals surface area contributed by atoms with Crippen LogP contribution in [0.4, 0.5) is 5.69 Å². The van der Waals surface area contributed by atoms with E-state index in [9.17, 15) is 9.59 Å². The van der Waals surface area contributed by atoms with Crippen molar-refractivity contribution >= 4 is 40.5 Å². The number of hydrogen-bond acceptors (Lipinski definition) is 8. The van der Waals surface area contributed by atoms with Gasteiger partial charge in [0.1, 0.15) is 11.7 Å². The molecule has 11 heteroatoms. The van der Waals surface area contributed by atoms with Crippen molar-refractivity contribution < 1.29 is 23.8 Å². The Morgan fingerprint density at radius 1 is 1.05 bits per heavy atom. The molecule has 1 atom stereocenters. The van der Waals surface area contributed by atoms with Gasteiger partial charge in [-0.05, 0) is 73.2 Å². The van der Waals surface area contributed by atoms with Gasteiger partial charge in [0.2, 0.25) is 17.8 Å². The summed E-state index contributed by atoms with van der Waals surface area (Å²) < 4.78 is 16.1. The number of methoxy groups -OCH3 is 1. The summed E-state index contributed by atoms with van der Waals surface area (Å²) in [6.45, 7) is 5.90. The highest BCUT2D eigenvalue weighted by Crippen LogP contribution is 2.31. The molecule has 0 aromatic heterocycles. The first-order chi connectivity index (χ1) is 20.5. The number of thiocarbonyl (C=S) groups is 1. The minimum Gasteiger partial charge on any atom is -0.497 e. The van der Waals surface area contributed by atoms with Crippen molar-refractivity contribution in [1.29, 1.82) is 0 Å². The lowest BCUT2D eigenvalue weighted by atomic mass is 9.93. The van der Waals surface area contributed by atoms with E-state index in [4.69, 9.17) is 26.4 Å². The van der Waals surface area contributed by atoms with E-state index < -0.39 is 5.92 Å². The van der Waals surface area contributed by atoms with Crippen LogP contribution in [-0.2, 0) is 20.8 Å². The first kappa shape index (κ1) is 27.9. The molecule has 2 aromatic rings. The minimum absolute atomic E-state index is 0.111. The number of nitrogens with zero attached hydrogens (tertiary/aromatic N) is 4. The number of nitrogens with one attached hydrogen (secondary N) is 1. The molecule has 1 unspecified atom stereocenters. The van der Waals surface area contributed by atoms with Crippen molar-refractivity contribution in [2.75, 3.05) is 58.1 Å². The molecule has 2 saturated heterocycles. The smallest absolute Gasteiger partial charge is 0.251 e. The molecule has 6 rings (SSSR count). The van der Waals surface area contributed by atoms with Crippen molar-refractivity contribution in [2.24, 2.45) is 10.9 Å². The summed E-state index contributed by atoms with van der Waals surface area (Å²) >= 11 is 5.42. The zero-order valence-electron chi connectivity index (χ0n) is 23.5. The van der Waals surface area contributed by atoms with Gasteiger partial charge in [-0.25, -0.2) is 4.99 Å². The summed E-state index contributed by atoms with van der Waals surface area (Å²) in [6, 6.07) is 15.4. The molecule has 1 N–H and O–H groups in total. The Bertz CT molecular complexity index is 1450. The number of benzene rings is 2. The third-order valence-electron chi connectivity index (χ3n) is 7.88. The highest BCUT2D eigenvalue weighted by molar-refractivity contribution is 7.80. The molecule has 3 aliphatic heterocycles. The van der Waals surface area contributed by atoms with E-state index in [0.29, 0.717) is 29.3 Å². The fourth-order valence-electron chi connectivity index (χ4n) is 5.45. The summed E-state index contributed by atoms with van der Waals surface area (Å²) in [5.74, 6) is 1.17. The summed E-state index contributed by atoms with van der Waals surface area (Å²) in [5, 5.41) is 3.23. The van der Waals surface area contributed by atoms with Crippen LogP contribution in [0.25, 0.3) is 0 Å². The second kappa shape index (κ2) is 12.3. The van der Waals surface area contributed by atoms with Gasteiger partial charge in [-0.3, -0.25) is 19.4 Å². The summed E-state index contributed by atoms with van der Waals surface area (Å²) in [7, 11) is 1.68. The maximum atomic E-state index is 13.2. The largest absolute Gasteiger partial charge is 0.497 e. The number of aliphatic imine (C=N–C) groups is 1. The summed E-state index contributed by atoms with van der Waals surface area (Å²) in [5.41, 5.74) is 3.21. The summed E-state index contributed by atoms with van der Waals surface area (Å²) in [6.07, 6.45) is 4.33. The van der Waals surface area contributed by atoms with Crippen molar-refractivity contribution in [3.63, 3.8) is 0 Å². The molecule has 0 saturated carbocycles. The van der Waals surface area contributed by atoms with Crippen LogP contribution in [0.5, 0.6) is 5.75 Å². The Hall–Kier alpha value is -4.22. The Morgan fingerprint density at radius 2 is 1.79 bits per heavy atom. The molecule has 4 aliphatic rings. The number of rotatable bonds is 9. The van der Waals surface area contributed by atoms with Gasteiger partial charge in [0.15, 0.2) is 11.5 Å². The molecule has 1 aliphatic carbocycles. The van der Waals surface area contributed by atoms with E-state index in [1.165, 1.54) is 10.6 Å². The first-order valence-corrected chi connectivity index (χ1v) is 14.5. The molecule has 0 bridgehead atoms. The Balaban J connectivity index is 0.938. The van der Waals surface area contributed by atoms with Gasteiger partial charge in [-0.15, -0.1) is 0 Å². The van der Waals surface area contributed by atoms with Crippen LogP contribution in [0, 0.1) is 5.92 Å². The van der Waals surface area contributed by atoms with Gasteiger partial charge in [-0.2, -0.15) is 0 Å². The number of piperazine rings is 1. The quantitative estimate of drug-likeness (QED) is 0.353. The average Bonchev–Trinajstić information content (AvgIpc) is 3.48. The minimum atomic E-state index is -0.556. The molecular formula is C31H33N5O5S. The number of anilines is 1. The Labute approximate surface area is 250 Å². The van der Waals surface area contributed by atoms with E-state index in [-0.39, 0.29) is 30.3 Å². The van der Waals surface area contributed by atoms with E-state index in [2.05, 4.69) is 32.2 Å². The van der Waals surface area contributed by atoms with Crippen LogP contribution in [0.1, 0.15) is 22.3 Å². The van der Waals surface area contributed by atoms with Crippen molar-refractivity contribution in [3.05, 3.63) is 83.3 Å². The molecule has 2 fully saturated rings. The summed E-state index contributed by atoms with van der Waals surface area (Å²) in [4.78, 5) is 36.7. The SMILES string of the molecule is COc1ccc(N2CCN(CCCNC(=O)c3ccc(CN4C(=O)C5C=C6OCOC6=CC5=NC4=S)cc3)CC2)cc1. The van der Waals surface area contributed by atoms with Crippen molar-refractivity contribution in [2.45, 2.75) is 13.0 Å². The normalized spacial score (nSPS) is 20.0. The zero-order chi connectivity index (χ0) is 29.1. The first-order valence-electron chi connectivity index (χ1n) is 14.1. The Morgan fingerprint density at radius 3 is 2.52 bits per heavy atom. The van der Waals surface area contributed by atoms with E-state index in [0.717, 1.165) is 50.5 Å². The molecule has 2 amide bonds. The fourth-order valence-corrected chi connectivity index (χ4v) is 5.71. The van der Waals surface area contributed by atoms with Crippen LogP contribution in [0.15, 0.2) is 77.2 Å². The topological polar surface area (TPSA) is 95.9 Å². The van der Waals surface area contributed by atoms with Crippen LogP contribution < -0.4 is 15.0 Å². The number of carbonyl (C=O) groups is 2. The third-order valence-corrected chi connectivity index (χ3v) is 8.19. The average molecular weight is 588 g/mol. The van der Waals surface area contributed by atoms with Crippen LogP contribution in [-0.4, -0.2) is 85.6 Å². The lowest BCUT2D eigenvalue weighted by molar-refractivity contribution is -0.129. The van der Waals surface area contributed by atoms with Gasteiger partial charge in [0.25, 0.3) is 5.91 Å². The van der Waals surface area contributed by atoms with Gasteiger partial charge in [-0.1, -0.05) is 12.1 Å². The molecule has 0 radical (unpaired) electrons. The van der Waals surface area contributed by atoms with Crippen LogP contribution in [0.2, 0.25) is 0 Å². The molecule has 10 nitrogen and oxygen atoms in total.